The molecular formula is C15H17N3O2. The Balaban J connectivity index is 1.77. The molecule has 0 aliphatic carbocycles. The molecular weight excluding hydrogens is 254 g/mol. The first kappa shape index (κ1) is 12.7. The molecule has 1 aliphatic rings. The van der Waals surface area contributed by atoms with Crippen LogP contribution in [0.15, 0.2) is 30.5 Å². The third-order valence-corrected chi connectivity index (χ3v) is 3.89. The fourth-order valence-electron chi connectivity index (χ4n) is 2.72. The molecule has 1 aromatic heterocycles. The lowest BCUT2D eigenvalue weighted by atomic mass is 9.96. The van der Waals surface area contributed by atoms with Gasteiger partial charge >= 0.3 is 0 Å². The summed E-state index contributed by atoms with van der Waals surface area (Å²) in [6.07, 6.45) is 2.87. The highest BCUT2D eigenvalue weighted by Crippen LogP contribution is 2.21. The molecule has 1 aromatic carbocycles. The van der Waals surface area contributed by atoms with Gasteiger partial charge in [-0.1, -0.05) is 6.07 Å². The number of primary amides is 1. The van der Waals surface area contributed by atoms with Crippen molar-refractivity contribution in [2.75, 3.05) is 6.54 Å². The maximum atomic E-state index is 11.9. The van der Waals surface area contributed by atoms with E-state index >= 15 is 0 Å². The quantitative estimate of drug-likeness (QED) is 0.884. The molecule has 20 heavy (non-hydrogen) atoms. The van der Waals surface area contributed by atoms with Crippen molar-refractivity contribution in [3.63, 3.8) is 0 Å². The standard InChI is InChI=1S/C15H17N3O2/c16-15(20)12-2-4-14(19)18(9-12)8-10-1-3-13-11(7-10)5-6-17-13/h1,3,5-7,12,17H,2,4,8-9H2,(H2,16,20)/t12-/m0/s1. The number of H-pyrrole nitrogens is 1. The van der Waals surface area contributed by atoms with Crippen LogP contribution in [0.2, 0.25) is 0 Å². The van der Waals surface area contributed by atoms with Crippen LogP contribution in [0.1, 0.15) is 18.4 Å². The van der Waals surface area contributed by atoms with Gasteiger partial charge in [0.05, 0.1) is 5.92 Å². The van der Waals surface area contributed by atoms with Crippen LogP contribution in [0.25, 0.3) is 10.9 Å². The number of benzene rings is 1. The van der Waals surface area contributed by atoms with Crippen LogP contribution >= 0.6 is 0 Å². The normalized spacial score (nSPS) is 19.5. The smallest absolute Gasteiger partial charge is 0.222 e. The number of fused-ring (bicyclic) bond motifs is 1. The molecule has 1 saturated heterocycles. The zero-order chi connectivity index (χ0) is 14.1. The van der Waals surface area contributed by atoms with E-state index in [1.807, 2.05) is 24.4 Å². The van der Waals surface area contributed by atoms with Gasteiger partial charge < -0.3 is 15.6 Å². The molecule has 3 rings (SSSR count). The molecule has 1 aliphatic heterocycles. The van der Waals surface area contributed by atoms with Gasteiger partial charge in [-0.15, -0.1) is 0 Å². The van der Waals surface area contributed by atoms with Gasteiger partial charge in [0.2, 0.25) is 11.8 Å². The Kier molecular flexibility index (Phi) is 3.18. The highest BCUT2D eigenvalue weighted by molar-refractivity contribution is 5.83. The summed E-state index contributed by atoms with van der Waals surface area (Å²) in [5, 5.41) is 1.12. The molecule has 0 spiro atoms. The Bertz CT molecular complexity index is 662. The van der Waals surface area contributed by atoms with Gasteiger partial charge in [0.25, 0.3) is 0 Å². The molecule has 5 nitrogen and oxygen atoms in total. The molecule has 1 fully saturated rings. The summed E-state index contributed by atoms with van der Waals surface area (Å²) in [7, 11) is 0. The van der Waals surface area contributed by atoms with E-state index in [0.717, 1.165) is 16.5 Å². The number of rotatable bonds is 3. The summed E-state index contributed by atoms with van der Waals surface area (Å²) in [4.78, 5) is 28.1. The van der Waals surface area contributed by atoms with E-state index in [-0.39, 0.29) is 17.7 Å². The van der Waals surface area contributed by atoms with Crippen molar-refractivity contribution < 1.29 is 9.59 Å². The third kappa shape index (κ3) is 2.39. The summed E-state index contributed by atoms with van der Waals surface area (Å²) < 4.78 is 0. The van der Waals surface area contributed by atoms with Crippen LogP contribution in [0.4, 0.5) is 0 Å². The lowest BCUT2D eigenvalue weighted by molar-refractivity contribution is -0.138. The number of nitrogens with two attached hydrogens (primary N) is 1. The first-order valence-electron chi connectivity index (χ1n) is 6.76. The van der Waals surface area contributed by atoms with Crippen molar-refractivity contribution >= 4 is 22.7 Å². The Hall–Kier alpha value is -2.30. The Morgan fingerprint density at radius 1 is 1.40 bits per heavy atom. The molecule has 0 radical (unpaired) electrons. The summed E-state index contributed by atoms with van der Waals surface area (Å²) in [6, 6.07) is 8.07. The minimum Gasteiger partial charge on any atom is -0.369 e. The molecule has 1 atom stereocenters. The number of piperidine rings is 1. The van der Waals surface area contributed by atoms with E-state index in [0.29, 0.717) is 25.9 Å². The van der Waals surface area contributed by atoms with Gasteiger partial charge in [0.1, 0.15) is 0 Å². The van der Waals surface area contributed by atoms with Gasteiger partial charge in [-0.2, -0.15) is 0 Å². The largest absolute Gasteiger partial charge is 0.369 e. The molecule has 0 bridgehead atoms. The average molecular weight is 271 g/mol. The Morgan fingerprint density at radius 2 is 2.25 bits per heavy atom. The summed E-state index contributed by atoms with van der Waals surface area (Å²) in [6.45, 7) is 0.961. The maximum absolute atomic E-state index is 11.9. The zero-order valence-corrected chi connectivity index (χ0v) is 11.1. The minimum atomic E-state index is -0.316. The van der Waals surface area contributed by atoms with Crippen LogP contribution in [0.3, 0.4) is 0 Å². The maximum Gasteiger partial charge on any atom is 0.222 e. The van der Waals surface area contributed by atoms with Gasteiger partial charge in [0, 0.05) is 31.2 Å². The van der Waals surface area contributed by atoms with Crippen molar-refractivity contribution in [1.29, 1.82) is 0 Å². The second-order valence-corrected chi connectivity index (χ2v) is 5.31. The van der Waals surface area contributed by atoms with Gasteiger partial charge in [0.15, 0.2) is 0 Å². The van der Waals surface area contributed by atoms with Gasteiger partial charge in [-0.25, -0.2) is 0 Å². The van der Waals surface area contributed by atoms with Crippen LogP contribution < -0.4 is 5.73 Å². The average Bonchev–Trinajstić information content (AvgIpc) is 2.88. The number of hydrogen-bond donors (Lipinski definition) is 2. The van der Waals surface area contributed by atoms with E-state index in [9.17, 15) is 9.59 Å². The van der Waals surface area contributed by atoms with Crippen molar-refractivity contribution in [3.05, 3.63) is 36.0 Å². The molecule has 0 unspecified atom stereocenters. The molecule has 0 saturated carbocycles. The number of aromatic amines is 1. The van der Waals surface area contributed by atoms with Crippen LogP contribution in [0.5, 0.6) is 0 Å². The number of likely N-dealkylation sites (tertiary alicyclic amines) is 1. The van der Waals surface area contributed by atoms with E-state index in [1.54, 1.807) is 4.90 Å². The van der Waals surface area contributed by atoms with Crippen LogP contribution in [-0.4, -0.2) is 28.2 Å². The van der Waals surface area contributed by atoms with Gasteiger partial charge in [-0.3, -0.25) is 9.59 Å². The predicted octanol–water partition coefficient (Wildman–Crippen LogP) is 1.39. The van der Waals surface area contributed by atoms with Crippen LogP contribution in [-0.2, 0) is 16.1 Å². The second kappa shape index (κ2) is 5.00. The van der Waals surface area contributed by atoms with E-state index < -0.39 is 0 Å². The fraction of sp³-hybridized carbons (Fsp3) is 0.333. The molecule has 3 N–H and O–H groups in total. The molecule has 5 heteroatoms. The van der Waals surface area contributed by atoms with E-state index in [4.69, 9.17) is 5.73 Å². The highest BCUT2D eigenvalue weighted by Gasteiger charge is 2.28. The summed E-state index contributed by atoms with van der Waals surface area (Å²) >= 11 is 0. The first-order valence-corrected chi connectivity index (χ1v) is 6.76. The third-order valence-electron chi connectivity index (χ3n) is 3.89. The second-order valence-electron chi connectivity index (χ2n) is 5.31. The summed E-state index contributed by atoms with van der Waals surface area (Å²) in [5.74, 6) is -0.441. The molecule has 2 aromatic rings. The Labute approximate surface area is 116 Å². The predicted molar refractivity (Wildman–Crippen MR) is 75.6 cm³/mol. The number of nitrogens with one attached hydrogen (secondary N) is 1. The summed E-state index contributed by atoms with van der Waals surface area (Å²) in [5.41, 5.74) is 7.49. The van der Waals surface area contributed by atoms with Crippen molar-refractivity contribution in [3.8, 4) is 0 Å². The van der Waals surface area contributed by atoms with Crippen LogP contribution in [0, 0.1) is 5.92 Å². The first-order chi connectivity index (χ1) is 9.63. The lowest BCUT2D eigenvalue weighted by Gasteiger charge is -2.31. The number of hydrogen-bond acceptors (Lipinski definition) is 2. The topological polar surface area (TPSA) is 79.2 Å². The van der Waals surface area contributed by atoms with E-state index in [2.05, 4.69) is 11.1 Å². The molecule has 2 amide bonds. The highest BCUT2D eigenvalue weighted by atomic mass is 16.2. The van der Waals surface area contributed by atoms with Gasteiger partial charge in [-0.05, 0) is 35.6 Å². The number of carbonyl (C=O) groups is 2. The minimum absolute atomic E-state index is 0.0941. The van der Waals surface area contributed by atoms with Crippen molar-refractivity contribution in [2.24, 2.45) is 11.7 Å². The van der Waals surface area contributed by atoms with Crippen molar-refractivity contribution in [2.45, 2.75) is 19.4 Å². The van der Waals surface area contributed by atoms with Crippen molar-refractivity contribution in [1.82, 2.24) is 9.88 Å². The number of nitrogens with zero attached hydrogens (tertiary/aromatic N) is 1. The lowest BCUT2D eigenvalue weighted by Crippen LogP contribution is -2.43. The zero-order valence-electron chi connectivity index (χ0n) is 11.1. The fourth-order valence-corrected chi connectivity index (χ4v) is 2.72. The monoisotopic (exact) mass is 271 g/mol. The Morgan fingerprint density at radius 3 is 3.05 bits per heavy atom. The number of amides is 2. The molecule has 2 heterocycles. The van der Waals surface area contributed by atoms with E-state index in [1.165, 1.54) is 0 Å². The number of aromatic nitrogens is 1. The number of carbonyl (C=O) groups excluding carboxylic acids is 2. The SMILES string of the molecule is NC(=O)[C@H]1CCC(=O)N(Cc2ccc3[nH]ccc3c2)C1. The molecule has 104 valence electrons.